The largest absolute Gasteiger partial charge is 0.488 e. The van der Waals surface area contributed by atoms with Gasteiger partial charge in [-0.2, -0.15) is 17.2 Å². The molecule has 1 N–H and O–H groups in total. The predicted molar refractivity (Wildman–Crippen MR) is 62.0 cm³/mol. The molecule has 15 heavy (non-hydrogen) atoms. The van der Waals surface area contributed by atoms with E-state index in [1.54, 1.807) is 7.11 Å². The van der Waals surface area contributed by atoms with Gasteiger partial charge in [0.05, 0.1) is 7.11 Å². The smallest absolute Gasteiger partial charge is 0.124 e. The molecule has 1 aliphatic rings. The van der Waals surface area contributed by atoms with E-state index < -0.39 is 0 Å². The van der Waals surface area contributed by atoms with Crippen LogP contribution in [0.2, 0.25) is 0 Å². The van der Waals surface area contributed by atoms with E-state index in [1.807, 2.05) is 36.0 Å². The van der Waals surface area contributed by atoms with Gasteiger partial charge in [-0.15, -0.1) is 0 Å². The summed E-state index contributed by atoms with van der Waals surface area (Å²) in [6.45, 7) is 0.673. The Morgan fingerprint density at radius 1 is 1.40 bits per heavy atom. The highest BCUT2D eigenvalue weighted by Crippen LogP contribution is 2.26. The monoisotopic (exact) mass is 225 g/mol. The normalized spacial score (nSPS) is 16.1. The first-order valence-corrected chi connectivity index (χ1v) is 6.14. The Balaban J connectivity index is 1.99. The van der Waals surface area contributed by atoms with Crippen molar-refractivity contribution in [3.63, 3.8) is 0 Å². The molecule has 1 aliphatic heterocycles. The topological polar surface area (TPSA) is 30.5 Å². The molecule has 1 saturated heterocycles. The van der Waals surface area contributed by atoms with Gasteiger partial charge >= 0.3 is 0 Å². The number of hydrogen-bond acceptors (Lipinski definition) is 4. The Kier molecular flexibility index (Phi) is 3.88. The van der Waals surface area contributed by atoms with Crippen LogP contribution in [0.3, 0.4) is 0 Å². The van der Waals surface area contributed by atoms with Crippen molar-refractivity contribution in [1.29, 1.82) is 0 Å². The maximum Gasteiger partial charge on any atom is 0.124 e. The Labute approximate surface area is 94.1 Å². The van der Waals surface area contributed by atoms with Crippen LogP contribution in [0.5, 0.6) is 5.75 Å². The minimum atomic E-state index is 0.388. The number of nitrogens with one attached hydrogen (secondary N) is 1. The lowest BCUT2D eigenvalue weighted by molar-refractivity contribution is 0.0855. The Morgan fingerprint density at radius 2 is 2.20 bits per heavy atom. The van der Waals surface area contributed by atoms with Crippen LogP contribution in [0.4, 0.5) is 0 Å². The van der Waals surface area contributed by atoms with E-state index in [-0.39, 0.29) is 0 Å². The molecule has 1 aromatic rings. The number of para-hydroxylation sites is 1. The molecular formula is C11H15NO2S. The molecule has 3 nitrogen and oxygen atoms in total. The number of ether oxygens (including phenoxy) is 1. The summed E-state index contributed by atoms with van der Waals surface area (Å²) in [6.07, 6.45) is 0.388. The van der Waals surface area contributed by atoms with Crippen LogP contribution in [0, 0.1) is 0 Å². The molecule has 0 atom stereocenters. The zero-order chi connectivity index (χ0) is 10.5. The zero-order valence-electron chi connectivity index (χ0n) is 8.73. The third kappa shape index (κ3) is 2.87. The van der Waals surface area contributed by atoms with Crippen molar-refractivity contribution in [3.05, 3.63) is 29.8 Å². The molecule has 0 saturated carbocycles. The predicted octanol–water partition coefficient (Wildman–Crippen LogP) is 1.83. The van der Waals surface area contributed by atoms with Crippen molar-refractivity contribution in [1.82, 2.24) is 5.48 Å². The van der Waals surface area contributed by atoms with Gasteiger partial charge in [0.25, 0.3) is 0 Å². The lowest BCUT2D eigenvalue weighted by Crippen LogP contribution is -2.31. The quantitative estimate of drug-likeness (QED) is 0.774. The fourth-order valence-corrected chi connectivity index (χ4v) is 1.94. The van der Waals surface area contributed by atoms with Gasteiger partial charge in [-0.3, -0.25) is 0 Å². The fraction of sp³-hybridized carbons (Fsp3) is 0.455. The van der Waals surface area contributed by atoms with Crippen LogP contribution in [-0.2, 0) is 11.4 Å². The lowest BCUT2D eigenvalue weighted by Gasteiger charge is -2.27. The summed E-state index contributed by atoms with van der Waals surface area (Å²) in [4.78, 5) is 4.84. The molecule has 0 aliphatic carbocycles. The molecule has 0 spiro atoms. The van der Waals surface area contributed by atoms with E-state index in [4.69, 9.17) is 9.57 Å². The highest BCUT2D eigenvalue weighted by Gasteiger charge is 2.20. The van der Waals surface area contributed by atoms with Crippen molar-refractivity contribution in [2.45, 2.75) is 12.6 Å². The van der Waals surface area contributed by atoms with E-state index in [1.165, 1.54) is 0 Å². The van der Waals surface area contributed by atoms with Gasteiger partial charge in [-0.25, -0.2) is 0 Å². The average Bonchev–Trinajstić information content (AvgIpc) is 2.22. The summed E-state index contributed by atoms with van der Waals surface area (Å²) in [5.74, 6) is 3.17. The van der Waals surface area contributed by atoms with E-state index in [9.17, 15) is 0 Å². The second-order valence-corrected chi connectivity index (χ2v) is 4.49. The molecule has 1 heterocycles. The van der Waals surface area contributed by atoms with Crippen molar-refractivity contribution < 1.29 is 9.57 Å². The first kappa shape index (κ1) is 10.8. The number of thioether (sulfide) groups is 1. The molecule has 82 valence electrons. The van der Waals surface area contributed by atoms with Crippen molar-refractivity contribution in [2.24, 2.45) is 0 Å². The van der Waals surface area contributed by atoms with Crippen molar-refractivity contribution in [2.75, 3.05) is 18.6 Å². The third-order valence-electron chi connectivity index (χ3n) is 2.28. The fourth-order valence-electron chi connectivity index (χ4n) is 1.38. The highest BCUT2D eigenvalue weighted by molar-refractivity contribution is 8.00. The van der Waals surface area contributed by atoms with Crippen LogP contribution in [0.25, 0.3) is 0 Å². The summed E-state index contributed by atoms with van der Waals surface area (Å²) in [6, 6.07) is 8.06. The Bertz CT molecular complexity index is 315. The summed E-state index contributed by atoms with van der Waals surface area (Å²) < 4.78 is 5.86. The first-order valence-electron chi connectivity index (χ1n) is 4.98. The van der Waals surface area contributed by atoms with Gasteiger partial charge in [0.15, 0.2) is 0 Å². The highest BCUT2D eigenvalue weighted by atomic mass is 32.2. The Hall–Kier alpha value is -0.710. The SMILES string of the molecule is CONCc1ccccc1OC1CSC1. The number of hydroxylamine groups is 1. The third-order valence-corrected chi connectivity index (χ3v) is 3.50. The first-order chi connectivity index (χ1) is 7.40. The summed E-state index contributed by atoms with van der Waals surface area (Å²) in [5, 5.41) is 0. The number of hydrogen-bond donors (Lipinski definition) is 1. The van der Waals surface area contributed by atoms with Crippen LogP contribution in [-0.4, -0.2) is 24.7 Å². The van der Waals surface area contributed by atoms with Gasteiger partial charge < -0.3 is 9.57 Å². The maximum atomic E-state index is 5.86. The van der Waals surface area contributed by atoms with Gasteiger partial charge in [0, 0.05) is 23.6 Å². The van der Waals surface area contributed by atoms with E-state index in [2.05, 4.69) is 5.48 Å². The van der Waals surface area contributed by atoms with Crippen LogP contribution >= 0.6 is 11.8 Å². The second-order valence-electron chi connectivity index (χ2n) is 3.41. The minimum absolute atomic E-state index is 0.388. The average molecular weight is 225 g/mol. The van der Waals surface area contributed by atoms with Crippen molar-refractivity contribution >= 4 is 11.8 Å². The molecule has 0 amide bonds. The van der Waals surface area contributed by atoms with E-state index in [0.717, 1.165) is 22.8 Å². The Morgan fingerprint density at radius 3 is 2.87 bits per heavy atom. The second kappa shape index (κ2) is 5.39. The summed E-state index contributed by atoms with van der Waals surface area (Å²) >= 11 is 1.92. The number of rotatable bonds is 5. The van der Waals surface area contributed by atoms with Gasteiger partial charge in [-0.05, 0) is 6.07 Å². The molecule has 0 unspecified atom stereocenters. The standard InChI is InChI=1S/C11H15NO2S/c1-13-12-6-9-4-2-3-5-11(9)14-10-7-15-8-10/h2-5,10,12H,6-8H2,1H3. The lowest BCUT2D eigenvalue weighted by atomic mass is 10.2. The van der Waals surface area contributed by atoms with Crippen LogP contribution < -0.4 is 10.2 Å². The molecular weight excluding hydrogens is 210 g/mol. The summed E-state index contributed by atoms with van der Waals surface area (Å²) in [7, 11) is 1.62. The molecule has 0 radical (unpaired) electrons. The summed E-state index contributed by atoms with van der Waals surface area (Å²) in [5.41, 5.74) is 3.96. The van der Waals surface area contributed by atoms with Gasteiger partial charge in [0.2, 0.25) is 0 Å². The van der Waals surface area contributed by atoms with Gasteiger partial charge in [-0.1, -0.05) is 18.2 Å². The zero-order valence-corrected chi connectivity index (χ0v) is 9.55. The molecule has 1 aromatic carbocycles. The van der Waals surface area contributed by atoms with Crippen molar-refractivity contribution in [3.8, 4) is 5.75 Å². The molecule has 1 fully saturated rings. The molecule has 2 rings (SSSR count). The van der Waals surface area contributed by atoms with Gasteiger partial charge in [0.1, 0.15) is 11.9 Å². The maximum absolute atomic E-state index is 5.86. The van der Waals surface area contributed by atoms with Crippen LogP contribution in [0.15, 0.2) is 24.3 Å². The number of benzene rings is 1. The molecule has 0 bridgehead atoms. The minimum Gasteiger partial charge on any atom is -0.488 e. The van der Waals surface area contributed by atoms with Crippen LogP contribution in [0.1, 0.15) is 5.56 Å². The molecule has 0 aromatic heterocycles. The molecule has 4 heteroatoms. The van der Waals surface area contributed by atoms with E-state index >= 15 is 0 Å². The van der Waals surface area contributed by atoms with E-state index in [0.29, 0.717) is 12.6 Å².